The van der Waals surface area contributed by atoms with Gasteiger partial charge in [0.05, 0.1) is 15.5 Å². The van der Waals surface area contributed by atoms with Crippen LogP contribution in [0.5, 0.6) is 0 Å². The van der Waals surface area contributed by atoms with Crippen molar-refractivity contribution in [3.8, 4) is 0 Å². The molecule has 0 spiro atoms. The molecule has 6 aliphatic rings. The van der Waals surface area contributed by atoms with Crippen LogP contribution < -0.4 is 21.3 Å². The number of fused-ring (bicyclic) bond motifs is 1. The number of hydrogen-bond acceptors (Lipinski definition) is 7. The maximum atomic E-state index is 15.0. The largest absolute Gasteiger partial charge is 0.347 e. The Morgan fingerprint density at radius 2 is 1.45 bits per heavy atom. The summed E-state index contributed by atoms with van der Waals surface area (Å²) in [6.07, 6.45) is 10.6. The van der Waals surface area contributed by atoms with Crippen molar-refractivity contribution in [3.05, 3.63) is 0 Å². The summed E-state index contributed by atoms with van der Waals surface area (Å²) in [5.74, 6) is -2.22. The standard InChI is InChI=1S/C40H65N5O7S/c1-9-25-22-40(25,31(46)33(48)41-26-16-17-26)43-32(47)29-28-27(37(28,6)7)23-45(29)34(49)30(38(8)18-12-10-13-19-38)42-35(50)44-39(20-14-11-15-21-39)24(2)53(51,52)36(3,4)5/h24-30H,9-23H2,1-8H3,(H,41,48)(H,43,47)(H2,42,44,50)/t24-,25+,27?,28?,29+,30+,40?/m1/s1. The Labute approximate surface area is 316 Å². The number of urea groups is 1. The molecule has 3 unspecified atom stereocenters. The van der Waals surface area contributed by atoms with Crippen molar-refractivity contribution in [2.45, 2.75) is 184 Å². The number of Topliss-reactive ketones (excluding diaryl/α,β-unsaturated/α-hetero) is 1. The molecule has 13 heteroatoms. The van der Waals surface area contributed by atoms with Gasteiger partial charge in [0.25, 0.3) is 5.91 Å². The van der Waals surface area contributed by atoms with E-state index in [0.717, 1.165) is 64.2 Å². The molecule has 6 fully saturated rings. The fourth-order valence-corrected chi connectivity index (χ4v) is 12.4. The maximum absolute atomic E-state index is 15.0. The van der Waals surface area contributed by atoms with E-state index >= 15 is 4.79 Å². The first kappa shape index (κ1) is 40.0. The molecule has 0 aromatic carbocycles. The molecule has 0 aromatic rings. The lowest BCUT2D eigenvalue weighted by Gasteiger charge is -2.46. The van der Waals surface area contributed by atoms with E-state index in [1.165, 1.54) is 0 Å². The zero-order valence-corrected chi connectivity index (χ0v) is 34.2. The lowest BCUT2D eigenvalue weighted by molar-refractivity contribution is -0.146. The van der Waals surface area contributed by atoms with Crippen LogP contribution in [0.3, 0.4) is 0 Å². The van der Waals surface area contributed by atoms with Crippen molar-refractivity contribution in [1.29, 1.82) is 0 Å². The summed E-state index contributed by atoms with van der Waals surface area (Å²) in [6.45, 7) is 15.3. The normalized spacial score (nSPS) is 32.3. The summed E-state index contributed by atoms with van der Waals surface area (Å²) in [6, 6.07) is -2.35. The summed E-state index contributed by atoms with van der Waals surface area (Å²) in [4.78, 5) is 71.9. The van der Waals surface area contributed by atoms with Crippen molar-refractivity contribution in [3.63, 3.8) is 0 Å². The van der Waals surface area contributed by atoms with Gasteiger partial charge < -0.3 is 26.2 Å². The van der Waals surface area contributed by atoms with E-state index in [1.54, 1.807) is 32.6 Å². The third-order valence-electron chi connectivity index (χ3n) is 14.6. The third kappa shape index (κ3) is 7.14. The highest BCUT2D eigenvalue weighted by Crippen LogP contribution is 2.65. The number of hydrogen-bond donors (Lipinski definition) is 4. The molecule has 1 aliphatic heterocycles. The number of likely N-dealkylation sites (tertiary alicyclic amines) is 1. The Hall–Kier alpha value is -2.70. The molecule has 298 valence electrons. The molecule has 12 nitrogen and oxygen atoms in total. The van der Waals surface area contributed by atoms with Crippen LogP contribution in [-0.2, 0) is 29.0 Å². The number of nitrogens with zero attached hydrogens (tertiary/aromatic N) is 1. The van der Waals surface area contributed by atoms with Crippen molar-refractivity contribution < 1.29 is 32.4 Å². The highest BCUT2D eigenvalue weighted by molar-refractivity contribution is 7.93. The average molecular weight is 760 g/mol. The van der Waals surface area contributed by atoms with Crippen molar-refractivity contribution in [2.75, 3.05) is 6.54 Å². The first-order chi connectivity index (χ1) is 24.6. The molecule has 0 aromatic heterocycles. The minimum atomic E-state index is -3.64. The van der Waals surface area contributed by atoms with E-state index in [4.69, 9.17) is 0 Å². The van der Waals surface area contributed by atoms with Crippen LogP contribution >= 0.6 is 0 Å². The molecule has 1 heterocycles. The summed E-state index contributed by atoms with van der Waals surface area (Å²) < 4.78 is 26.6. The number of nitrogens with one attached hydrogen (secondary N) is 4. The molecule has 0 radical (unpaired) electrons. The molecular weight excluding hydrogens is 695 g/mol. The first-order valence-electron chi connectivity index (χ1n) is 20.5. The highest BCUT2D eigenvalue weighted by atomic mass is 32.2. The predicted molar refractivity (Wildman–Crippen MR) is 202 cm³/mol. The Morgan fingerprint density at radius 1 is 0.868 bits per heavy atom. The number of carbonyl (C=O) groups excluding carboxylic acids is 5. The van der Waals surface area contributed by atoms with Crippen LogP contribution in [0.25, 0.3) is 0 Å². The van der Waals surface area contributed by atoms with Gasteiger partial charge in [0.2, 0.25) is 17.6 Å². The number of rotatable bonds is 12. The summed E-state index contributed by atoms with van der Waals surface area (Å²) >= 11 is 0. The van der Waals surface area contributed by atoms with Crippen LogP contribution in [0.2, 0.25) is 0 Å². The molecule has 1 saturated heterocycles. The lowest BCUT2D eigenvalue weighted by atomic mass is 9.70. The third-order valence-corrected chi connectivity index (χ3v) is 17.7. The van der Waals surface area contributed by atoms with E-state index in [0.29, 0.717) is 32.2 Å². The van der Waals surface area contributed by atoms with E-state index in [-0.39, 0.29) is 35.1 Å². The van der Waals surface area contributed by atoms with Gasteiger partial charge in [0.1, 0.15) is 17.6 Å². The monoisotopic (exact) mass is 759 g/mol. The molecule has 5 aliphatic carbocycles. The Kier molecular flexibility index (Phi) is 10.4. The van der Waals surface area contributed by atoms with Gasteiger partial charge >= 0.3 is 6.03 Å². The van der Waals surface area contributed by atoms with Gasteiger partial charge in [-0.15, -0.1) is 0 Å². The quantitative estimate of drug-likeness (QED) is 0.212. The summed E-state index contributed by atoms with van der Waals surface area (Å²) in [7, 11) is -3.64. The number of ketones is 1. The maximum Gasteiger partial charge on any atom is 0.315 e. The molecule has 5 saturated carbocycles. The smallest absolute Gasteiger partial charge is 0.315 e. The van der Waals surface area contributed by atoms with Crippen molar-refractivity contribution in [1.82, 2.24) is 26.2 Å². The predicted octanol–water partition coefficient (Wildman–Crippen LogP) is 4.54. The topological polar surface area (TPSA) is 171 Å². The second-order valence-electron chi connectivity index (χ2n) is 19.5. The zero-order chi connectivity index (χ0) is 38.9. The molecule has 6 rings (SSSR count). The van der Waals surface area contributed by atoms with Crippen molar-refractivity contribution >= 4 is 39.4 Å². The minimum Gasteiger partial charge on any atom is -0.347 e. The lowest BCUT2D eigenvalue weighted by Crippen LogP contribution is -2.66. The first-order valence-corrected chi connectivity index (χ1v) is 22.0. The molecule has 4 N–H and O–H groups in total. The van der Waals surface area contributed by atoms with Gasteiger partial charge in [-0.25, -0.2) is 13.2 Å². The molecule has 0 bridgehead atoms. The number of carbonyl (C=O) groups is 5. The second-order valence-corrected chi connectivity index (χ2v) is 22.5. The van der Waals surface area contributed by atoms with Gasteiger partial charge in [-0.05, 0) is 101 Å². The van der Waals surface area contributed by atoms with Crippen LogP contribution in [0.1, 0.15) is 145 Å². The van der Waals surface area contributed by atoms with Gasteiger partial charge in [0, 0.05) is 12.6 Å². The van der Waals surface area contributed by atoms with Gasteiger partial charge in [-0.1, -0.05) is 72.6 Å². The van der Waals surface area contributed by atoms with E-state index in [1.807, 2.05) is 13.8 Å². The number of sulfone groups is 1. The van der Waals surface area contributed by atoms with Gasteiger partial charge in [-0.2, -0.15) is 0 Å². The zero-order valence-electron chi connectivity index (χ0n) is 33.4. The number of amides is 5. The van der Waals surface area contributed by atoms with Gasteiger partial charge in [-0.3, -0.25) is 19.2 Å². The highest BCUT2D eigenvalue weighted by Gasteiger charge is 2.71. The average Bonchev–Trinajstić information content (AvgIpc) is 4.05. The summed E-state index contributed by atoms with van der Waals surface area (Å²) in [5, 5.41) is 11.2. The van der Waals surface area contributed by atoms with Crippen LogP contribution in [0.15, 0.2) is 0 Å². The van der Waals surface area contributed by atoms with E-state index in [2.05, 4.69) is 35.1 Å². The van der Waals surface area contributed by atoms with Gasteiger partial charge in [0.15, 0.2) is 9.84 Å². The molecular formula is C40H65N5O7S. The minimum absolute atomic E-state index is 0.0101. The Balaban J connectivity index is 1.26. The SMILES string of the molecule is CC[C@H]1CC1(NC(=O)[C@@H]1C2C(CN1C(=O)[C@H](NC(=O)NC1([C@@H](C)S(=O)(=O)C(C)(C)C)CCCCC1)C1(C)CCCCC1)C2(C)C)C(=O)C(=O)NC1CC1. The molecule has 53 heavy (non-hydrogen) atoms. The molecule has 7 atom stereocenters. The fraction of sp³-hybridized carbons (Fsp3) is 0.875. The molecule has 5 amide bonds. The number of piperidine rings is 1. The Bertz CT molecular complexity index is 1600. The Morgan fingerprint density at radius 3 is 1.98 bits per heavy atom. The van der Waals surface area contributed by atoms with Crippen LogP contribution in [-0.4, -0.2) is 88.6 Å². The summed E-state index contributed by atoms with van der Waals surface area (Å²) in [5.41, 5.74) is -3.03. The van der Waals surface area contributed by atoms with E-state index < -0.39 is 72.0 Å². The van der Waals surface area contributed by atoms with Crippen LogP contribution in [0.4, 0.5) is 4.79 Å². The van der Waals surface area contributed by atoms with Crippen LogP contribution in [0, 0.1) is 28.6 Å². The van der Waals surface area contributed by atoms with E-state index in [9.17, 15) is 27.6 Å². The van der Waals surface area contributed by atoms with Crippen molar-refractivity contribution in [2.24, 2.45) is 28.6 Å². The fourth-order valence-electron chi connectivity index (χ4n) is 10.5. The second kappa shape index (κ2) is 13.8.